The molecule has 0 aromatic heterocycles. The van der Waals surface area contributed by atoms with E-state index in [4.69, 9.17) is 0 Å². The average molecular weight is 321 g/mol. The highest BCUT2D eigenvalue weighted by atomic mass is 19.4. The maximum atomic E-state index is 13.3. The van der Waals surface area contributed by atoms with Crippen molar-refractivity contribution < 1.29 is 18.3 Å². The van der Waals surface area contributed by atoms with Gasteiger partial charge in [0.25, 0.3) is 0 Å². The minimum Gasteiger partial charge on any atom is -0.392 e. The molecule has 1 atom stereocenters. The Bertz CT molecular complexity index is 737. The maximum absolute atomic E-state index is 13.3. The zero-order valence-electron chi connectivity index (χ0n) is 12.9. The molecule has 2 N–H and O–H groups in total. The summed E-state index contributed by atoms with van der Waals surface area (Å²) < 4.78 is 40.0. The second kappa shape index (κ2) is 5.35. The zero-order valence-corrected chi connectivity index (χ0v) is 12.9. The third kappa shape index (κ3) is 2.75. The third-order valence-electron chi connectivity index (χ3n) is 4.37. The Hall–Kier alpha value is -1.85. The van der Waals surface area contributed by atoms with E-state index in [0.717, 1.165) is 17.2 Å². The van der Waals surface area contributed by atoms with E-state index < -0.39 is 23.3 Å². The lowest BCUT2D eigenvalue weighted by Gasteiger charge is -2.23. The fourth-order valence-corrected chi connectivity index (χ4v) is 3.29. The van der Waals surface area contributed by atoms with Gasteiger partial charge >= 0.3 is 6.18 Å². The number of rotatable bonds is 2. The third-order valence-corrected chi connectivity index (χ3v) is 4.37. The number of fused-ring (bicyclic) bond motifs is 1. The van der Waals surface area contributed by atoms with Gasteiger partial charge in [0.2, 0.25) is 0 Å². The summed E-state index contributed by atoms with van der Waals surface area (Å²) in [6.45, 7) is 3.75. The zero-order chi connectivity index (χ0) is 16.8. The van der Waals surface area contributed by atoms with Crippen LogP contribution in [0.4, 0.5) is 13.2 Å². The molecule has 0 unspecified atom stereocenters. The quantitative estimate of drug-likeness (QED) is 0.872. The molecule has 2 nitrogen and oxygen atoms in total. The monoisotopic (exact) mass is 321 g/mol. The van der Waals surface area contributed by atoms with E-state index in [1.807, 2.05) is 19.9 Å². The molecule has 5 heteroatoms. The van der Waals surface area contributed by atoms with Crippen molar-refractivity contribution >= 4 is 0 Å². The molecule has 23 heavy (non-hydrogen) atoms. The van der Waals surface area contributed by atoms with Crippen molar-refractivity contribution in [3.8, 4) is 0 Å². The van der Waals surface area contributed by atoms with Gasteiger partial charge in [0.1, 0.15) is 0 Å². The first kappa shape index (κ1) is 16.0. The molecule has 2 aromatic carbocycles. The smallest absolute Gasteiger partial charge is 0.392 e. The van der Waals surface area contributed by atoms with Crippen molar-refractivity contribution in [3.05, 3.63) is 70.3 Å². The Morgan fingerprint density at radius 1 is 1.09 bits per heavy atom. The molecule has 0 fully saturated rings. The van der Waals surface area contributed by atoms with Gasteiger partial charge in [-0.2, -0.15) is 13.2 Å². The van der Waals surface area contributed by atoms with Crippen molar-refractivity contribution in [1.29, 1.82) is 0 Å². The summed E-state index contributed by atoms with van der Waals surface area (Å²) in [5.74, 6) is 0. The number of hydrogen-bond acceptors (Lipinski definition) is 2. The molecule has 122 valence electrons. The second-order valence-electron chi connectivity index (χ2n) is 6.37. The highest BCUT2D eigenvalue weighted by Gasteiger charge is 2.41. The van der Waals surface area contributed by atoms with Crippen LogP contribution in [0.25, 0.3) is 0 Å². The minimum absolute atomic E-state index is 0.138. The molecule has 0 spiro atoms. The van der Waals surface area contributed by atoms with Gasteiger partial charge in [0.05, 0.1) is 18.2 Å². The number of benzene rings is 2. The van der Waals surface area contributed by atoms with Crippen molar-refractivity contribution in [2.24, 2.45) is 0 Å². The van der Waals surface area contributed by atoms with Gasteiger partial charge in [-0.1, -0.05) is 36.4 Å². The van der Waals surface area contributed by atoms with Gasteiger partial charge in [0.15, 0.2) is 0 Å². The summed E-state index contributed by atoms with van der Waals surface area (Å²) in [6, 6.07) is 10.6. The van der Waals surface area contributed by atoms with Gasteiger partial charge in [0, 0.05) is 5.54 Å². The van der Waals surface area contributed by atoms with Crippen LogP contribution in [-0.2, 0) is 18.3 Å². The van der Waals surface area contributed by atoms with Crippen molar-refractivity contribution in [2.75, 3.05) is 0 Å². The summed E-state index contributed by atoms with van der Waals surface area (Å²) in [6.07, 6.45) is -4.40. The van der Waals surface area contributed by atoms with E-state index >= 15 is 0 Å². The first-order valence-electron chi connectivity index (χ1n) is 7.42. The number of alkyl halides is 3. The number of aliphatic hydroxyl groups is 1. The molecular weight excluding hydrogens is 303 g/mol. The lowest BCUT2D eigenvalue weighted by atomic mass is 9.90. The largest absolute Gasteiger partial charge is 0.416 e. The Morgan fingerprint density at radius 3 is 2.43 bits per heavy atom. The molecule has 0 saturated heterocycles. The lowest BCUT2D eigenvalue weighted by molar-refractivity contribution is -0.138. The van der Waals surface area contributed by atoms with Gasteiger partial charge in [-0.05, 0) is 42.2 Å². The average Bonchev–Trinajstić information content (AvgIpc) is 2.77. The van der Waals surface area contributed by atoms with Crippen LogP contribution in [0.1, 0.15) is 47.7 Å². The van der Waals surface area contributed by atoms with E-state index in [2.05, 4.69) is 5.32 Å². The molecule has 1 aliphatic rings. The fourth-order valence-electron chi connectivity index (χ4n) is 3.29. The number of halogens is 3. The van der Waals surface area contributed by atoms with E-state index in [-0.39, 0.29) is 12.2 Å². The molecule has 1 heterocycles. The molecule has 3 rings (SSSR count). The number of nitrogens with one attached hydrogen (secondary N) is 1. The van der Waals surface area contributed by atoms with Crippen molar-refractivity contribution in [2.45, 2.75) is 38.2 Å². The molecule has 0 bridgehead atoms. The lowest BCUT2D eigenvalue weighted by Crippen LogP contribution is -2.32. The topological polar surface area (TPSA) is 32.3 Å². The Balaban J connectivity index is 2.18. The van der Waals surface area contributed by atoms with Crippen LogP contribution in [-0.4, -0.2) is 5.11 Å². The summed E-state index contributed by atoms with van der Waals surface area (Å²) >= 11 is 0. The molecule has 0 radical (unpaired) electrons. The van der Waals surface area contributed by atoms with Crippen LogP contribution in [0, 0.1) is 0 Å². The molecule has 2 aromatic rings. The molecule has 1 aliphatic heterocycles. The van der Waals surface area contributed by atoms with Crippen molar-refractivity contribution in [1.82, 2.24) is 5.32 Å². The molecule has 0 saturated carbocycles. The van der Waals surface area contributed by atoms with Gasteiger partial charge < -0.3 is 5.11 Å². The van der Waals surface area contributed by atoms with E-state index in [1.54, 1.807) is 18.2 Å². The Kier molecular flexibility index (Phi) is 3.73. The summed E-state index contributed by atoms with van der Waals surface area (Å²) in [7, 11) is 0. The summed E-state index contributed by atoms with van der Waals surface area (Å²) in [5.41, 5.74) is 1.58. The maximum Gasteiger partial charge on any atom is 0.416 e. The Morgan fingerprint density at radius 2 is 1.78 bits per heavy atom. The number of aliphatic hydroxyl groups excluding tert-OH is 1. The van der Waals surface area contributed by atoms with Gasteiger partial charge in [-0.15, -0.1) is 0 Å². The Labute approximate surface area is 133 Å². The van der Waals surface area contributed by atoms with Crippen LogP contribution < -0.4 is 5.32 Å². The van der Waals surface area contributed by atoms with Crippen LogP contribution >= 0.6 is 0 Å². The first-order valence-corrected chi connectivity index (χ1v) is 7.42. The summed E-state index contributed by atoms with van der Waals surface area (Å²) in [4.78, 5) is 0. The minimum atomic E-state index is -4.40. The van der Waals surface area contributed by atoms with E-state index in [1.165, 1.54) is 12.1 Å². The molecule has 0 amide bonds. The predicted octanol–water partition coefficient (Wildman–Crippen LogP) is 4.13. The van der Waals surface area contributed by atoms with Crippen LogP contribution in [0.15, 0.2) is 42.5 Å². The number of hydrogen-bond donors (Lipinski definition) is 2. The highest BCUT2D eigenvalue weighted by Crippen LogP contribution is 2.44. The van der Waals surface area contributed by atoms with Crippen LogP contribution in [0.2, 0.25) is 0 Å². The second-order valence-corrected chi connectivity index (χ2v) is 6.37. The fraction of sp³-hybridized carbons (Fsp3) is 0.333. The van der Waals surface area contributed by atoms with Crippen LogP contribution in [0.3, 0.4) is 0 Å². The SMILES string of the molecule is CC1(C)N[C@@H](c2ccccc2C(F)(F)F)c2cc(CO)ccc21. The van der Waals surface area contributed by atoms with Gasteiger partial charge in [-0.25, -0.2) is 0 Å². The first-order chi connectivity index (χ1) is 10.7. The van der Waals surface area contributed by atoms with Gasteiger partial charge in [-0.3, -0.25) is 5.32 Å². The van der Waals surface area contributed by atoms with E-state index in [0.29, 0.717) is 5.56 Å². The van der Waals surface area contributed by atoms with Crippen LogP contribution in [0.5, 0.6) is 0 Å². The van der Waals surface area contributed by atoms with Crippen molar-refractivity contribution in [3.63, 3.8) is 0 Å². The highest BCUT2D eigenvalue weighted by molar-refractivity contribution is 5.49. The standard InChI is InChI=1S/C18H18F3NO/c1-17(2)14-8-7-11(10-23)9-13(14)16(22-17)12-5-3-4-6-15(12)18(19,20)21/h3-9,16,22-23H,10H2,1-2H3/t16-/m0/s1. The molecule has 0 aliphatic carbocycles. The predicted molar refractivity (Wildman–Crippen MR) is 81.8 cm³/mol. The molecular formula is C18H18F3NO. The normalized spacial score (nSPS) is 19.7. The van der Waals surface area contributed by atoms with E-state index in [9.17, 15) is 18.3 Å². The summed E-state index contributed by atoms with van der Waals surface area (Å²) in [5, 5.41) is 12.6.